The van der Waals surface area contributed by atoms with Gasteiger partial charge >= 0.3 is 0 Å². The van der Waals surface area contributed by atoms with Crippen LogP contribution in [0.2, 0.25) is 19.6 Å². The van der Waals surface area contributed by atoms with Gasteiger partial charge in [-0.15, -0.1) is 5.54 Å². The third-order valence-electron chi connectivity index (χ3n) is 2.74. The molecule has 96 valence electrons. The predicted octanol–water partition coefficient (Wildman–Crippen LogP) is 3.73. The molecule has 1 rings (SSSR count). The fourth-order valence-electron chi connectivity index (χ4n) is 2.66. The Morgan fingerprint density at radius 3 is 1.94 bits per heavy atom. The second-order valence-electron chi connectivity index (χ2n) is 7.57. The van der Waals surface area contributed by atoms with Gasteiger partial charge in [-0.2, -0.15) is 0 Å². The quantitative estimate of drug-likeness (QED) is 0.509. The first kappa shape index (κ1) is 14.5. The lowest BCUT2D eigenvalue weighted by Crippen LogP contribution is -2.55. The molecule has 0 atom stereocenters. The Hall–Kier alpha value is -0.523. The molecule has 0 bridgehead atoms. The number of hydrogen-bond acceptors (Lipinski definition) is 1. The highest BCUT2D eigenvalue weighted by Gasteiger charge is 2.34. The second kappa shape index (κ2) is 4.63. The van der Waals surface area contributed by atoms with Crippen molar-refractivity contribution in [3.8, 4) is 11.5 Å². The second-order valence-corrected chi connectivity index (χ2v) is 12.3. The largest absolute Gasteiger partial charge is 0.306 e. The number of nitrogens with one attached hydrogen (secondary N) is 1. The van der Waals surface area contributed by atoms with Crippen molar-refractivity contribution in [1.82, 2.24) is 5.32 Å². The van der Waals surface area contributed by atoms with Crippen molar-refractivity contribution >= 4 is 8.07 Å². The molecule has 2 heteroatoms. The van der Waals surface area contributed by atoms with E-state index in [-0.39, 0.29) is 11.1 Å². The van der Waals surface area contributed by atoms with Gasteiger partial charge in [0.15, 0.2) is 0 Å². The summed E-state index contributed by atoms with van der Waals surface area (Å²) in [6.07, 6.45) is 4.39. The van der Waals surface area contributed by atoms with Gasteiger partial charge in [0, 0.05) is 11.1 Å². The summed E-state index contributed by atoms with van der Waals surface area (Å²) in [6, 6.07) is 0. The predicted molar refractivity (Wildman–Crippen MR) is 79.7 cm³/mol. The summed E-state index contributed by atoms with van der Waals surface area (Å²) in [5.41, 5.74) is 5.28. The third kappa shape index (κ3) is 5.56. The Labute approximate surface area is 108 Å². The van der Waals surface area contributed by atoms with Gasteiger partial charge in [0.25, 0.3) is 0 Å². The van der Waals surface area contributed by atoms with Crippen molar-refractivity contribution in [3.05, 3.63) is 11.6 Å². The number of piperidine rings is 1. The summed E-state index contributed by atoms with van der Waals surface area (Å²) in [4.78, 5) is 0. The molecule has 0 spiro atoms. The molecule has 1 saturated heterocycles. The van der Waals surface area contributed by atoms with E-state index in [0.29, 0.717) is 0 Å². The third-order valence-corrected chi connectivity index (χ3v) is 3.63. The van der Waals surface area contributed by atoms with E-state index in [4.69, 9.17) is 0 Å². The molecule has 0 aromatic rings. The molecule has 1 nitrogen and oxygen atoms in total. The van der Waals surface area contributed by atoms with Crippen LogP contribution < -0.4 is 5.32 Å². The lowest BCUT2D eigenvalue weighted by molar-refractivity contribution is 0.223. The van der Waals surface area contributed by atoms with Crippen LogP contribution >= 0.6 is 0 Å². The topological polar surface area (TPSA) is 12.0 Å². The van der Waals surface area contributed by atoms with Gasteiger partial charge in [0.05, 0.1) is 0 Å². The van der Waals surface area contributed by atoms with Gasteiger partial charge in [-0.1, -0.05) is 31.1 Å². The van der Waals surface area contributed by atoms with E-state index in [1.54, 1.807) is 0 Å². The first-order valence-electron chi connectivity index (χ1n) is 6.49. The average Bonchev–Trinajstić information content (AvgIpc) is 1.93. The zero-order valence-electron chi connectivity index (χ0n) is 12.5. The van der Waals surface area contributed by atoms with Crippen molar-refractivity contribution < 1.29 is 0 Å². The monoisotopic (exact) mass is 249 g/mol. The first-order valence-corrected chi connectivity index (χ1v) is 9.99. The van der Waals surface area contributed by atoms with Gasteiger partial charge in [-0.05, 0) is 46.6 Å². The van der Waals surface area contributed by atoms with Crippen LogP contribution in [0.1, 0.15) is 40.5 Å². The highest BCUT2D eigenvalue weighted by atomic mass is 28.3. The van der Waals surface area contributed by atoms with Crippen LogP contribution in [0, 0.1) is 11.5 Å². The standard InChI is InChI=1S/C15H27NSi/c1-14(2)11-13(12-15(3,4)16-14)9-8-10-17(5,6)7/h9,16H,11-12H2,1-7H3. The highest BCUT2D eigenvalue weighted by molar-refractivity contribution is 6.83. The van der Waals surface area contributed by atoms with E-state index < -0.39 is 8.07 Å². The van der Waals surface area contributed by atoms with Gasteiger partial charge in [-0.3, -0.25) is 0 Å². The summed E-state index contributed by atoms with van der Waals surface area (Å²) >= 11 is 0. The van der Waals surface area contributed by atoms with Crippen LogP contribution in [-0.4, -0.2) is 19.2 Å². The minimum atomic E-state index is -1.23. The molecule has 17 heavy (non-hydrogen) atoms. The molecule has 0 aliphatic carbocycles. The summed E-state index contributed by atoms with van der Waals surface area (Å²) < 4.78 is 0. The average molecular weight is 249 g/mol. The zero-order chi connectivity index (χ0) is 13.3. The molecule has 0 aromatic heterocycles. The van der Waals surface area contributed by atoms with Crippen LogP contribution in [0.15, 0.2) is 11.6 Å². The molecular formula is C15H27NSi. The van der Waals surface area contributed by atoms with Gasteiger partial charge in [0.1, 0.15) is 8.07 Å². The summed E-state index contributed by atoms with van der Waals surface area (Å²) in [6.45, 7) is 15.9. The van der Waals surface area contributed by atoms with E-state index >= 15 is 0 Å². The van der Waals surface area contributed by atoms with E-state index in [0.717, 1.165) is 12.8 Å². The lowest BCUT2D eigenvalue weighted by Gasteiger charge is -2.43. The fourth-order valence-corrected chi connectivity index (χ4v) is 3.16. The lowest BCUT2D eigenvalue weighted by atomic mass is 9.79. The van der Waals surface area contributed by atoms with Crippen LogP contribution in [-0.2, 0) is 0 Å². The molecule has 0 amide bonds. The Bertz CT molecular complexity index is 354. The summed E-state index contributed by atoms with van der Waals surface area (Å²) in [5, 5.41) is 3.69. The SMILES string of the molecule is CC1(C)CC(=CC#C[Si](C)(C)C)CC(C)(C)N1. The van der Waals surface area contributed by atoms with Crippen molar-refractivity contribution in [2.45, 2.75) is 71.3 Å². The maximum Gasteiger partial charge on any atom is 0.129 e. The van der Waals surface area contributed by atoms with Gasteiger partial charge in [0.2, 0.25) is 0 Å². The van der Waals surface area contributed by atoms with Crippen molar-refractivity contribution in [3.63, 3.8) is 0 Å². The smallest absolute Gasteiger partial charge is 0.129 e. The van der Waals surface area contributed by atoms with Gasteiger partial charge < -0.3 is 5.32 Å². The van der Waals surface area contributed by atoms with Crippen LogP contribution in [0.4, 0.5) is 0 Å². The van der Waals surface area contributed by atoms with Crippen molar-refractivity contribution in [2.24, 2.45) is 0 Å². The fraction of sp³-hybridized carbons (Fsp3) is 0.733. The van der Waals surface area contributed by atoms with Gasteiger partial charge in [-0.25, -0.2) is 0 Å². The van der Waals surface area contributed by atoms with Crippen molar-refractivity contribution in [1.29, 1.82) is 0 Å². The number of allylic oxidation sites excluding steroid dienone is 1. The highest BCUT2D eigenvalue weighted by Crippen LogP contribution is 2.31. The molecule has 1 fully saturated rings. The van der Waals surface area contributed by atoms with Crippen LogP contribution in [0.3, 0.4) is 0 Å². The van der Waals surface area contributed by atoms with Crippen LogP contribution in [0.5, 0.6) is 0 Å². The van der Waals surface area contributed by atoms with E-state index in [1.165, 1.54) is 5.57 Å². The normalized spacial score (nSPS) is 22.6. The first-order chi connectivity index (χ1) is 7.49. The minimum Gasteiger partial charge on any atom is -0.306 e. The molecule has 1 aliphatic rings. The van der Waals surface area contributed by atoms with E-state index in [1.807, 2.05) is 0 Å². The van der Waals surface area contributed by atoms with E-state index in [2.05, 4.69) is 70.2 Å². The molecule has 0 aromatic carbocycles. The van der Waals surface area contributed by atoms with Crippen molar-refractivity contribution in [2.75, 3.05) is 0 Å². The minimum absolute atomic E-state index is 0.189. The Morgan fingerprint density at radius 1 is 1.06 bits per heavy atom. The molecule has 1 aliphatic heterocycles. The maximum absolute atomic E-state index is 3.69. The Balaban J connectivity index is 2.84. The van der Waals surface area contributed by atoms with Crippen LogP contribution in [0.25, 0.3) is 0 Å². The summed E-state index contributed by atoms with van der Waals surface area (Å²) in [5.74, 6) is 3.29. The molecule has 0 radical (unpaired) electrons. The zero-order valence-corrected chi connectivity index (χ0v) is 13.5. The number of hydrogen-bond donors (Lipinski definition) is 1. The Kier molecular flexibility index (Phi) is 3.96. The molecule has 0 saturated carbocycles. The Morgan fingerprint density at radius 2 is 1.53 bits per heavy atom. The molecule has 1 N–H and O–H groups in total. The molecule has 1 heterocycles. The molecular weight excluding hydrogens is 222 g/mol. The summed E-state index contributed by atoms with van der Waals surface area (Å²) in [7, 11) is -1.23. The maximum atomic E-state index is 3.69. The van der Waals surface area contributed by atoms with E-state index in [9.17, 15) is 0 Å². The number of rotatable bonds is 0. The molecule has 0 unspecified atom stereocenters.